The van der Waals surface area contributed by atoms with Crippen molar-refractivity contribution in [3.63, 3.8) is 0 Å². The van der Waals surface area contributed by atoms with Crippen molar-refractivity contribution in [2.75, 3.05) is 18.0 Å². The molecule has 2 fully saturated rings. The summed E-state index contributed by atoms with van der Waals surface area (Å²) in [6, 6.07) is -0.658. The lowest BCUT2D eigenvalue weighted by atomic mass is 10.0. The number of carbonyl (C=O) groups excluding carboxylic acids is 2. The van der Waals surface area contributed by atoms with Gasteiger partial charge in [0.05, 0.1) is 6.42 Å². The minimum atomic E-state index is -0.658. The molecule has 3 atom stereocenters. The van der Waals surface area contributed by atoms with Crippen LogP contribution >= 0.6 is 0 Å². The van der Waals surface area contributed by atoms with E-state index in [0.717, 1.165) is 45.2 Å². The smallest absolute Gasteiger partial charge is 0.266 e. The number of aromatic nitrogens is 2. The molecule has 0 spiro atoms. The minimum absolute atomic E-state index is 0.0173. The third-order valence-corrected chi connectivity index (χ3v) is 4.91. The number of rotatable bonds is 6. The van der Waals surface area contributed by atoms with Crippen LogP contribution in [-0.2, 0) is 9.59 Å². The average Bonchev–Trinajstić information content (AvgIpc) is 3.26. The fourth-order valence-electron chi connectivity index (χ4n) is 3.55. The van der Waals surface area contributed by atoms with Gasteiger partial charge in [0.2, 0.25) is 11.8 Å². The minimum Gasteiger partial charge on any atom is -0.370 e. The second-order valence-electron chi connectivity index (χ2n) is 6.97. The molecule has 8 heteroatoms. The lowest BCUT2D eigenvalue weighted by molar-refractivity contribution is -0.126. The highest BCUT2D eigenvalue weighted by atomic mass is 16.5. The van der Waals surface area contributed by atoms with E-state index in [1.807, 2.05) is 4.90 Å². The van der Waals surface area contributed by atoms with Gasteiger partial charge in [-0.05, 0) is 43.2 Å². The summed E-state index contributed by atoms with van der Waals surface area (Å²) >= 11 is 0. The van der Waals surface area contributed by atoms with E-state index < -0.39 is 11.9 Å². The van der Waals surface area contributed by atoms with Crippen molar-refractivity contribution < 1.29 is 14.1 Å². The van der Waals surface area contributed by atoms with E-state index >= 15 is 0 Å². The molecule has 2 heterocycles. The van der Waals surface area contributed by atoms with Gasteiger partial charge in [0.15, 0.2) is 0 Å². The van der Waals surface area contributed by atoms with Crippen LogP contribution in [-0.4, -0.2) is 35.0 Å². The molecule has 1 aromatic rings. The van der Waals surface area contributed by atoms with E-state index in [4.69, 9.17) is 10.3 Å². The Balaban J connectivity index is 1.69. The van der Waals surface area contributed by atoms with Gasteiger partial charge in [-0.15, -0.1) is 0 Å². The fraction of sp³-hybridized carbons (Fsp3) is 0.750. The van der Waals surface area contributed by atoms with Crippen LogP contribution in [0, 0.1) is 11.8 Å². The third-order valence-electron chi connectivity index (χ3n) is 4.91. The van der Waals surface area contributed by atoms with E-state index in [0.29, 0.717) is 11.9 Å². The van der Waals surface area contributed by atoms with Gasteiger partial charge in [-0.3, -0.25) is 9.59 Å². The van der Waals surface area contributed by atoms with Gasteiger partial charge in [-0.25, -0.2) is 0 Å². The molecule has 132 valence electrons. The summed E-state index contributed by atoms with van der Waals surface area (Å²) in [5.41, 5.74) is 5.32. The van der Waals surface area contributed by atoms with Gasteiger partial charge in [0, 0.05) is 19.0 Å². The molecular formula is C16H25N5O3. The Morgan fingerprint density at radius 2 is 2.12 bits per heavy atom. The number of anilines is 1. The maximum Gasteiger partial charge on any atom is 0.266 e. The van der Waals surface area contributed by atoms with Crippen LogP contribution in [0.25, 0.3) is 0 Å². The van der Waals surface area contributed by atoms with Crippen LogP contribution in [0.5, 0.6) is 0 Å². The summed E-state index contributed by atoms with van der Waals surface area (Å²) in [5, 5.41) is 6.86. The molecule has 8 nitrogen and oxygen atoms in total. The van der Waals surface area contributed by atoms with Crippen molar-refractivity contribution in [3.8, 4) is 0 Å². The summed E-state index contributed by atoms with van der Waals surface area (Å²) < 4.78 is 5.30. The number of amides is 2. The van der Waals surface area contributed by atoms with E-state index in [1.165, 1.54) is 0 Å². The van der Waals surface area contributed by atoms with Crippen LogP contribution in [0.1, 0.15) is 57.4 Å². The van der Waals surface area contributed by atoms with Crippen molar-refractivity contribution in [3.05, 3.63) is 5.89 Å². The number of nitrogens with two attached hydrogens (primary N) is 1. The van der Waals surface area contributed by atoms with E-state index in [2.05, 4.69) is 22.4 Å². The number of hydrogen-bond acceptors (Lipinski definition) is 6. The van der Waals surface area contributed by atoms with Gasteiger partial charge in [0.25, 0.3) is 11.8 Å². The first kappa shape index (κ1) is 16.7. The summed E-state index contributed by atoms with van der Waals surface area (Å²) in [4.78, 5) is 30.2. The lowest BCUT2D eigenvalue weighted by Gasteiger charge is -2.17. The summed E-state index contributed by atoms with van der Waals surface area (Å²) in [5.74, 6) is 0.722. The van der Waals surface area contributed by atoms with Crippen LogP contribution in [0.2, 0.25) is 0 Å². The molecule has 0 bridgehead atoms. The first-order valence-corrected chi connectivity index (χ1v) is 8.70. The van der Waals surface area contributed by atoms with Gasteiger partial charge in [-0.2, -0.15) is 4.98 Å². The molecule has 2 aliphatic rings. The molecule has 1 aromatic heterocycles. The standard InChI is InChI=1S/C16H25N5O3/c1-10-4-5-11(8-10)14(23)18-12(9-13(17)22)15-19-16(20-24-15)21-6-2-3-7-21/h10-12H,2-9H2,1H3,(H2,17,22)(H,18,23)/t10-,11+,12+/m1/s1. The van der Waals surface area contributed by atoms with Gasteiger partial charge < -0.3 is 20.5 Å². The molecule has 0 aromatic carbocycles. The van der Waals surface area contributed by atoms with Crippen molar-refractivity contribution in [1.29, 1.82) is 0 Å². The van der Waals surface area contributed by atoms with Gasteiger partial charge in [0.1, 0.15) is 6.04 Å². The quantitative estimate of drug-likeness (QED) is 0.805. The zero-order valence-corrected chi connectivity index (χ0v) is 14.0. The maximum atomic E-state index is 12.5. The number of hydrogen-bond donors (Lipinski definition) is 2. The second-order valence-corrected chi connectivity index (χ2v) is 6.97. The van der Waals surface area contributed by atoms with Crippen molar-refractivity contribution in [1.82, 2.24) is 15.5 Å². The monoisotopic (exact) mass is 335 g/mol. The predicted octanol–water partition coefficient (Wildman–Crippen LogP) is 1.14. The Bertz CT molecular complexity index is 596. The Labute approximate surface area is 141 Å². The topological polar surface area (TPSA) is 114 Å². The fourth-order valence-corrected chi connectivity index (χ4v) is 3.55. The van der Waals surface area contributed by atoms with E-state index in [9.17, 15) is 9.59 Å². The Kier molecular flexibility index (Phi) is 5.01. The highest BCUT2D eigenvalue weighted by molar-refractivity contribution is 5.81. The van der Waals surface area contributed by atoms with Crippen LogP contribution in [0.3, 0.4) is 0 Å². The van der Waals surface area contributed by atoms with Crippen molar-refractivity contribution in [2.24, 2.45) is 17.6 Å². The number of nitrogens with one attached hydrogen (secondary N) is 1. The highest BCUT2D eigenvalue weighted by Crippen LogP contribution is 2.31. The molecule has 1 aliphatic heterocycles. The van der Waals surface area contributed by atoms with E-state index in [-0.39, 0.29) is 24.1 Å². The van der Waals surface area contributed by atoms with Crippen LogP contribution in [0.15, 0.2) is 4.52 Å². The molecule has 0 unspecified atom stereocenters. The second kappa shape index (κ2) is 7.19. The SMILES string of the molecule is C[C@@H]1CC[C@H](C(=O)N[C@@H](CC(N)=O)c2nc(N3CCCC3)no2)C1. The van der Waals surface area contributed by atoms with Crippen LogP contribution < -0.4 is 16.0 Å². The molecule has 24 heavy (non-hydrogen) atoms. The zero-order valence-electron chi connectivity index (χ0n) is 14.0. The molecule has 3 N–H and O–H groups in total. The Hall–Kier alpha value is -2.12. The predicted molar refractivity (Wildman–Crippen MR) is 86.9 cm³/mol. The number of primary amides is 1. The normalized spacial score (nSPS) is 25.0. The van der Waals surface area contributed by atoms with Crippen LogP contribution in [0.4, 0.5) is 5.95 Å². The molecule has 2 amide bonds. The number of carbonyl (C=O) groups is 2. The highest BCUT2D eigenvalue weighted by Gasteiger charge is 2.31. The summed E-state index contributed by atoms with van der Waals surface area (Å²) in [6.07, 6.45) is 4.96. The first-order chi connectivity index (χ1) is 11.5. The zero-order chi connectivity index (χ0) is 17.1. The first-order valence-electron chi connectivity index (χ1n) is 8.70. The lowest BCUT2D eigenvalue weighted by Crippen LogP contribution is -2.35. The molecule has 3 rings (SSSR count). The molecular weight excluding hydrogens is 310 g/mol. The van der Waals surface area contributed by atoms with Crippen molar-refractivity contribution >= 4 is 17.8 Å². The summed E-state index contributed by atoms with van der Waals surface area (Å²) in [6.45, 7) is 3.94. The van der Waals surface area contributed by atoms with Crippen molar-refractivity contribution in [2.45, 2.75) is 51.5 Å². The van der Waals surface area contributed by atoms with Gasteiger partial charge >= 0.3 is 0 Å². The molecule has 1 saturated heterocycles. The maximum absolute atomic E-state index is 12.5. The molecule has 1 saturated carbocycles. The molecule has 1 aliphatic carbocycles. The number of nitrogens with zero attached hydrogens (tertiary/aromatic N) is 3. The molecule has 0 radical (unpaired) electrons. The average molecular weight is 335 g/mol. The Morgan fingerprint density at radius 3 is 2.75 bits per heavy atom. The Morgan fingerprint density at radius 1 is 1.38 bits per heavy atom. The van der Waals surface area contributed by atoms with Gasteiger partial charge in [-0.1, -0.05) is 6.92 Å². The largest absolute Gasteiger partial charge is 0.370 e. The van der Waals surface area contributed by atoms with E-state index in [1.54, 1.807) is 0 Å². The third kappa shape index (κ3) is 3.85. The summed E-state index contributed by atoms with van der Waals surface area (Å²) in [7, 11) is 0.